The summed E-state index contributed by atoms with van der Waals surface area (Å²) in [6.45, 7) is 4.71. The number of carbonyl (C=O) groups is 1. The Morgan fingerprint density at radius 1 is 1.19 bits per heavy atom. The van der Waals surface area contributed by atoms with Crippen molar-refractivity contribution in [1.82, 2.24) is 15.3 Å². The number of rotatable bonds is 9. The van der Waals surface area contributed by atoms with Crippen LogP contribution in [0.2, 0.25) is 0 Å². The van der Waals surface area contributed by atoms with Crippen molar-refractivity contribution < 1.29 is 9.53 Å². The van der Waals surface area contributed by atoms with Crippen LogP contribution in [-0.4, -0.2) is 29.0 Å². The van der Waals surface area contributed by atoms with Crippen molar-refractivity contribution in [2.45, 2.75) is 39.2 Å². The summed E-state index contributed by atoms with van der Waals surface area (Å²) in [5, 5.41) is 2.81. The molecule has 2 rings (SSSR count). The number of aromatic nitrogens is 2. The Morgan fingerprint density at radius 2 is 1.92 bits per heavy atom. The van der Waals surface area contributed by atoms with E-state index in [4.69, 9.17) is 4.74 Å². The van der Waals surface area contributed by atoms with Crippen LogP contribution in [0.3, 0.4) is 0 Å². The molecule has 1 aromatic carbocycles. The predicted molar refractivity (Wildman–Crippen MR) is 99.2 cm³/mol. The van der Waals surface area contributed by atoms with Gasteiger partial charge in [-0.05, 0) is 32.3 Å². The number of aryl methyl sites for hydroxylation is 1. The van der Waals surface area contributed by atoms with Crippen LogP contribution in [0.1, 0.15) is 42.7 Å². The van der Waals surface area contributed by atoms with Gasteiger partial charge in [0.25, 0.3) is 5.56 Å². The fraction of sp³-hybridized carbons (Fsp3) is 0.421. The third-order valence-electron chi connectivity index (χ3n) is 4.14. The molecule has 0 fully saturated rings. The van der Waals surface area contributed by atoms with E-state index in [0.717, 1.165) is 5.56 Å². The molecule has 0 radical (unpaired) electrons. The third kappa shape index (κ3) is 6.00. The number of hydrogen-bond acceptors (Lipinski definition) is 4. The van der Waals surface area contributed by atoms with E-state index < -0.39 is 11.2 Å². The number of hydrogen-bond donors (Lipinski definition) is 3. The van der Waals surface area contributed by atoms with E-state index in [1.807, 2.05) is 37.3 Å². The second kappa shape index (κ2) is 9.72. The van der Waals surface area contributed by atoms with E-state index in [0.29, 0.717) is 30.8 Å². The number of benzene rings is 1. The molecule has 1 amide bonds. The van der Waals surface area contributed by atoms with Crippen LogP contribution < -0.4 is 16.6 Å². The van der Waals surface area contributed by atoms with E-state index in [-0.39, 0.29) is 24.9 Å². The molecule has 0 unspecified atom stereocenters. The molecule has 1 aromatic heterocycles. The first-order valence-corrected chi connectivity index (χ1v) is 8.72. The highest BCUT2D eigenvalue weighted by atomic mass is 16.5. The number of amides is 1. The summed E-state index contributed by atoms with van der Waals surface area (Å²) < 4.78 is 5.75. The molecule has 0 spiro atoms. The number of aromatic amines is 2. The van der Waals surface area contributed by atoms with Crippen LogP contribution in [0.4, 0.5) is 0 Å². The first kappa shape index (κ1) is 19.7. The summed E-state index contributed by atoms with van der Waals surface area (Å²) in [5.41, 5.74) is 1.07. The Balaban J connectivity index is 1.65. The molecule has 0 saturated heterocycles. The SMILES string of the molecule is Cc1[nH]c(=O)[nH]c(=O)c1CCC(=O)NCCCO[C@H](C)c1ccccc1. The zero-order valence-corrected chi connectivity index (χ0v) is 15.1. The summed E-state index contributed by atoms with van der Waals surface area (Å²) in [5.74, 6) is -0.133. The highest BCUT2D eigenvalue weighted by molar-refractivity contribution is 5.76. The molecule has 2 aromatic rings. The molecule has 7 nitrogen and oxygen atoms in total. The van der Waals surface area contributed by atoms with Gasteiger partial charge >= 0.3 is 5.69 Å². The minimum absolute atomic E-state index is 0.0156. The van der Waals surface area contributed by atoms with Crippen molar-refractivity contribution in [3.05, 3.63) is 68.0 Å². The Morgan fingerprint density at radius 3 is 2.62 bits per heavy atom. The van der Waals surface area contributed by atoms with Crippen LogP contribution >= 0.6 is 0 Å². The smallest absolute Gasteiger partial charge is 0.325 e. The van der Waals surface area contributed by atoms with Crippen LogP contribution in [0.15, 0.2) is 39.9 Å². The fourth-order valence-corrected chi connectivity index (χ4v) is 2.63. The minimum Gasteiger partial charge on any atom is -0.374 e. The van der Waals surface area contributed by atoms with Crippen molar-refractivity contribution >= 4 is 5.91 Å². The van der Waals surface area contributed by atoms with Gasteiger partial charge in [0.05, 0.1) is 6.10 Å². The fourth-order valence-electron chi connectivity index (χ4n) is 2.63. The quantitative estimate of drug-likeness (QED) is 0.591. The largest absolute Gasteiger partial charge is 0.374 e. The van der Waals surface area contributed by atoms with E-state index in [1.165, 1.54) is 0 Å². The monoisotopic (exact) mass is 359 g/mol. The van der Waals surface area contributed by atoms with Gasteiger partial charge < -0.3 is 15.0 Å². The average molecular weight is 359 g/mol. The molecule has 140 valence electrons. The molecular weight excluding hydrogens is 334 g/mol. The molecule has 7 heteroatoms. The molecule has 26 heavy (non-hydrogen) atoms. The molecule has 3 N–H and O–H groups in total. The van der Waals surface area contributed by atoms with Gasteiger partial charge in [-0.15, -0.1) is 0 Å². The first-order chi connectivity index (χ1) is 12.5. The van der Waals surface area contributed by atoms with Gasteiger partial charge in [-0.1, -0.05) is 30.3 Å². The molecule has 0 saturated carbocycles. The number of ether oxygens (including phenoxy) is 1. The van der Waals surface area contributed by atoms with Crippen molar-refractivity contribution in [3.8, 4) is 0 Å². The Kier molecular flexibility index (Phi) is 7.35. The lowest BCUT2D eigenvalue weighted by atomic mass is 10.1. The third-order valence-corrected chi connectivity index (χ3v) is 4.14. The highest BCUT2D eigenvalue weighted by Crippen LogP contribution is 2.15. The number of carbonyl (C=O) groups excluding carboxylic acids is 1. The van der Waals surface area contributed by atoms with Crippen LogP contribution in [0.25, 0.3) is 0 Å². The standard InChI is InChI=1S/C19H25N3O4/c1-13-16(18(24)22-19(25)21-13)9-10-17(23)20-11-6-12-26-14(2)15-7-4-3-5-8-15/h3-5,7-8,14H,6,9-12H2,1-2H3,(H,20,23)(H2,21,22,24,25)/t14-/m1/s1. The van der Waals surface area contributed by atoms with Crippen LogP contribution in [-0.2, 0) is 16.0 Å². The Bertz CT molecular complexity index is 827. The molecule has 0 aliphatic heterocycles. The van der Waals surface area contributed by atoms with Gasteiger partial charge in [-0.2, -0.15) is 0 Å². The summed E-state index contributed by atoms with van der Waals surface area (Å²) >= 11 is 0. The summed E-state index contributed by atoms with van der Waals surface area (Å²) in [6.07, 6.45) is 1.20. The topological polar surface area (TPSA) is 104 Å². The highest BCUT2D eigenvalue weighted by Gasteiger charge is 2.09. The number of nitrogens with one attached hydrogen (secondary N) is 3. The van der Waals surface area contributed by atoms with Gasteiger partial charge in [-0.3, -0.25) is 14.6 Å². The van der Waals surface area contributed by atoms with E-state index in [1.54, 1.807) is 6.92 Å². The zero-order chi connectivity index (χ0) is 18.9. The maximum Gasteiger partial charge on any atom is 0.325 e. The average Bonchev–Trinajstić information content (AvgIpc) is 2.61. The molecule has 0 bridgehead atoms. The van der Waals surface area contributed by atoms with E-state index >= 15 is 0 Å². The Labute approximate surface area is 151 Å². The van der Waals surface area contributed by atoms with Gasteiger partial charge in [0, 0.05) is 30.8 Å². The predicted octanol–water partition coefficient (Wildman–Crippen LogP) is 1.59. The molecule has 1 heterocycles. The van der Waals surface area contributed by atoms with Crippen LogP contribution in [0, 0.1) is 6.92 Å². The normalized spacial score (nSPS) is 11.9. The lowest BCUT2D eigenvalue weighted by Gasteiger charge is -2.13. The van der Waals surface area contributed by atoms with Crippen LogP contribution in [0.5, 0.6) is 0 Å². The van der Waals surface area contributed by atoms with Gasteiger partial charge in [0.1, 0.15) is 0 Å². The van der Waals surface area contributed by atoms with Gasteiger partial charge in [0.2, 0.25) is 5.91 Å². The van der Waals surface area contributed by atoms with Crippen molar-refractivity contribution in [1.29, 1.82) is 0 Å². The molecule has 0 aliphatic rings. The lowest BCUT2D eigenvalue weighted by Crippen LogP contribution is -2.29. The van der Waals surface area contributed by atoms with E-state index in [2.05, 4.69) is 15.3 Å². The zero-order valence-electron chi connectivity index (χ0n) is 15.1. The molecule has 0 aliphatic carbocycles. The molecule has 1 atom stereocenters. The number of H-pyrrole nitrogens is 2. The second-order valence-electron chi connectivity index (χ2n) is 6.14. The first-order valence-electron chi connectivity index (χ1n) is 8.72. The maximum atomic E-state index is 11.9. The van der Waals surface area contributed by atoms with Crippen molar-refractivity contribution in [2.75, 3.05) is 13.2 Å². The van der Waals surface area contributed by atoms with Gasteiger partial charge in [0.15, 0.2) is 0 Å². The minimum atomic E-state index is -0.537. The molecular formula is C19H25N3O4. The van der Waals surface area contributed by atoms with Crippen molar-refractivity contribution in [2.24, 2.45) is 0 Å². The van der Waals surface area contributed by atoms with Gasteiger partial charge in [-0.25, -0.2) is 4.79 Å². The van der Waals surface area contributed by atoms with Crippen molar-refractivity contribution in [3.63, 3.8) is 0 Å². The maximum absolute atomic E-state index is 11.9. The summed E-state index contributed by atoms with van der Waals surface area (Å²) in [7, 11) is 0. The Hall–Kier alpha value is -2.67. The van der Waals surface area contributed by atoms with E-state index in [9.17, 15) is 14.4 Å². The summed E-state index contributed by atoms with van der Waals surface area (Å²) in [4.78, 5) is 39.5. The lowest BCUT2D eigenvalue weighted by molar-refractivity contribution is -0.121. The summed E-state index contributed by atoms with van der Waals surface area (Å²) in [6, 6.07) is 9.96. The second-order valence-corrected chi connectivity index (χ2v) is 6.14.